The summed E-state index contributed by atoms with van der Waals surface area (Å²) in [4.78, 5) is 12.1. The topological polar surface area (TPSA) is 59.0 Å². The minimum Gasteiger partial charge on any atom is -0.349 e. The fourth-order valence-corrected chi connectivity index (χ4v) is 2.30. The van der Waals surface area contributed by atoms with Crippen molar-refractivity contribution in [2.24, 2.45) is 0 Å². The molecule has 1 fully saturated rings. The Balaban J connectivity index is 1.96. The van der Waals surface area contributed by atoms with Crippen LogP contribution in [-0.2, 0) is 13.0 Å². The molecule has 100 valence electrons. The van der Waals surface area contributed by atoms with Crippen LogP contribution < -0.4 is 10.6 Å². The molecule has 1 aliphatic heterocycles. The van der Waals surface area contributed by atoms with Gasteiger partial charge in [0.2, 0.25) is 0 Å². The number of nitrogens with zero attached hydrogens (tertiary/aromatic N) is 2. The van der Waals surface area contributed by atoms with E-state index >= 15 is 0 Å². The first-order chi connectivity index (χ1) is 8.74. The highest BCUT2D eigenvalue weighted by Crippen LogP contribution is 2.07. The van der Waals surface area contributed by atoms with E-state index in [0.717, 1.165) is 31.6 Å². The zero-order chi connectivity index (χ0) is 13.0. The largest absolute Gasteiger partial charge is 0.349 e. The fraction of sp³-hybridized carbons (Fsp3) is 0.692. The smallest absolute Gasteiger partial charge is 0.269 e. The number of amides is 1. The van der Waals surface area contributed by atoms with Gasteiger partial charge in [0, 0.05) is 19.1 Å². The maximum absolute atomic E-state index is 12.1. The summed E-state index contributed by atoms with van der Waals surface area (Å²) in [7, 11) is 0. The van der Waals surface area contributed by atoms with E-state index < -0.39 is 0 Å². The Bertz CT molecular complexity index is 407. The number of aryl methyl sites for hydroxylation is 2. The second kappa shape index (κ2) is 6.00. The Kier molecular flexibility index (Phi) is 4.36. The van der Waals surface area contributed by atoms with Crippen LogP contribution in [0.4, 0.5) is 0 Å². The lowest BCUT2D eigenvalue weighted by molar-refractivity contribution is 0.0939. The van der Waals surface area contributed by atoms with E-state index in [9.17, 15) is 4.79 Å². The summed E-state index contributed by atoms with van der Waals surface area (Å²) in [5, 5.41) is 10.8. The minimum atomic E-state index is -0.0160. The highest BCUT2D eigenvalue weighted by Gasteiger charge is 2.17. The first kappa shape index (κ1) is 13.1. The van der Waals surface area contributed by atoms with Crippen LogP contribution in [0.25, 0.3) is 0 Å². The number of carbonyl (C=O) groups is 1. The third-order valence-corrected chi connectivity index (χ3v) is 3.40. The number of hydrogen-bond acceptors (Lipinski definition) is 3. The third kappa shape index (κ3) is 2.90. The quantitative estimate of drug-likeness (QED) is 0.818. The van der Waals surface area contributed by atoms with Gasteiger partial charge in [-0.25, -0.2) is 0 Å². The van der Waals surface area contributed by atoms with E-state index in [1.807, 2.05) is 19.9 Å². The second-order valence-electron chi connectivity index (χ2n) is 4.69. The molecule has 2 heterocycles. The maximum Gasteiger partial charge on any atom is 0.269 e. The van der Waals surface area contributed by atoms with Crippen LogP contribution >= 0.6 is 0 Å². The summed E-state index contributed by atoms with van der Waals surface area (Å²) in [5.74, 6) is -0.0160. The average Bonchev–Trinajstić information content (AvgIpc) is 3.04. The first-order valence-corrected chi connectivity index (χ1v) is 6.82. The van der Waals surface area contributed by atoms with Crippen molar-refractivity contribution in [3.05, 3.63) is 17.5 Å². The van der Waals surface area contributed by atoms with Gasteiger partial charge in [0.25, 0.3) is 5.91 Å². The van der Waals surface area contributed by atoms with Gasteiger partial charge in [-0.05, 0) is 38.8 Å². The summed E-state index contributed by atoms with van der Waals surface area (Å²) in [6.07, 6.45) is 3.21. The Morgan fingerprint density at radius 1 is 1.61 bits per heavy atom. The molecule has 1 aliphatic rings. The van der Waals surface area contributed by atoms with Gasteiger partial charge in [0.1, 0.15) is 5.69 Å². The van der Waals surface area contributed by atoms with Crippen LogP contribution in [0.5, 0.6) is 0 Å². The Labute approximate surface area is 108 Å². The molecule has 2 N–H and O–H groups in total. The van der Waals surface area contributed by atoms with E-state index in [0.29, 0.717) is 18.3 Å². The van der Waals surface area contributed by atoms with Crippen LogP contribution in [0.1, 0.15) is 42.9 Å². The van der Waals surface area contributed by atoms with Crippen molar-refractivity contribution in [2.75, 3.05) is 13.1 Å². The molecule has 1 unspecified atom stereocenters. The van der Waals surface area contributed by atoms with Crippen molar-refractivity contribution in [1.29, 1.82) is 0 Å². The molecule has 0 aromatic carbocycles. The van der Waals surface area contributed by atoms with Gasteiger partial charge in [-0.2, -0.15) is 5.10 Å². The zero-order valence-electron chi connectivity index (χ0n) is 11.2. The van der Waals surface area contributed by atoms with Crippen LogP contribution in [0.15, 0.2) is 6.07 Å². The van der Waals surface area contributed by atoms with E-state index in [-0.39, 0.29) is 5.91 Å². The maximum atomic E-state index is 12.1. The highest BCUT2D eigenvalue weighted by atomic mass is 16.2. The molecule has 1 aromatic rings. The van der Waals surface area contributed by atoms with E-state index in [4.69, 9.17) is 0 Å². The summed E-state index contributed by atoms with van der Waals surface area (Å²) in [6.45, 7) is 6.54. The van der Waals surface area contributed by atoms with Gasteiger partial charge in [-0.15, -0.1) is 0 Å². The molecular formula is C13H22N4O. The molecule has 1 aromatic heterocycles. The Morgan fingerprint density at radius 2 is 2.44 bits per heavy atom. The van der Waals surface area contributed by atoms with Crippen LogP contribution in [0.3, 0.4) is 0 Å². The molecule has 1 atom stereocenters. The standard InChI is InChI=1S/C13H22N4O/c1-3-10-8-12(17(4-2)16-10)13(18)15-9-11-6-5-7-14-11/h8,11,14H,3-7,9H2,1-2H3,(H,15,18). The molecular weight excluding hydrogens is 228 g/mol. The molecule has 0 aliphatic carbocycles. The molecule has 1 amide bonds. The van der Waals surface area contributed by atoms with E-state index in [2.05, 4.69) is 15.7 Å². The molecule has 5 heteroatoms. The summed E-state index contributed by atoms with van der Waals surface area (Å²) in [5.41, 5.74) is 1.65. The number of rotatable bonds is 5. The lowest BCUT2D eigenvalue weighted by Crippen LogP contribution is -2.37. The van der Waals surface area contributed by atoms with Crippen molar-refractivity contribution in [1.82, 2.24) is 20.4 Å². The molecule has 0 bridgehead atoms. The van der Waals surface area contributed by atoms with Crippen molar-refractivity contribution >= 4 is 5.91 Å². The summed E-state index contributed by atoms with van der Waals surface area (Å²) >= 11 is 0. The van der Waals surface area contributed by atoms with E-state index in [1.54, 1.807) is 4.68 Å². The molecule has 5 nitrogen and oxygen atoms in total. The molecule has 1 saturated heterocycles. The van der Waals surface area contributed by atoms with Crippen molar-refractivity contribution in [2.45, 2.75) is 45.7 Å². The first-order valence-electron chi connectivity index (χ1n) is 6.82. The van der Waals surface area contributed by atoms with Crippen LogP contribution in [-0.4, -0.2) is 34.8 Å². The molecule has 0 spiro atoms. The Morgan fingerprint density at radius 3 is 3.06 bits per heavy atom. The van der Waals surface area contributed by atoms with Gasteiger partial charge < -0.3 is 10.6 Å². The Hall–Kier alpha value is -1.36. The third-order valence-electron chi connectivity index (χ3n) is 3.40. The van der Waals surface area contributed by atoms with Gasteiger partial charge in [0.05, 0.1) is 5.69 Å². The van der Waals surface area contributed by atoms with Crippen molar-refractivity contribution in [3.8, 4) is 0 Å². The fourth-order valence-electron chi connectivity index (χ4n) is 2.30. The number of hydrogen-bond donors (Lipinski definition) is 2. The van der Waals surface area contributed by atoms with Crippen LogP contribution in [0, 0.1) is 0 Å². The molecule has 0 radical (unpaired) electrons. The normalized spacial score (nSPS) is 19.1. The highest BCUT2D eigenvalue weighted by molar-refractivity contribution is 5.92. The van der Waals surface area contributed by atoms with Crippen molar-refractivity contribution < 1.29 is 4.79 Å². The molecule has 0 saturated carbocycles. The zero-order valence-corrected chi connectivity index (χ0v) is 11.2. The number of carbonyl (C=O) groups excluding carboxylic acids is 1. The van der Waals surface area contributed by atoms with Crippen molar-refractivity contribution in [3.63, 3.8) is 0 Å². The number of nitrogens with one attached hydrogen (secondary N) is 2. The average molecular weight is 250 g/mol. The molecule has 18 heavy (non-hydrogen) atoms. The summed E-state index contributed by atoms with van der Waals surface area (Å²) in [6, 6.07) is 2.32. The number of aromatic nitrogens is 2. The lowest BCUT2D eigenvalue weighted by Gasteiger charge is -2.11. The minimum absolute atomic E-state index is 0.0160. The summed E-state index contributed by atoms with van der Waals surface area (Å²) < 4.78 is 1.77. The van der Waals surface area contributed by atoms with Gasteiger partial charge in [-0.3, -0.25) is 9.48 Å². The second-order valence-corrected chi connectivity index (χ2v) is 4.69. The predicted molar refractivity (Wildman–Crippen MR) is 70.6 cm³/mol. The van der Waals surface area contributed by atoms with Crippen LogP contribution in [0.2, 0.25) is 0 Å². The van der Waals surface area contributed by atoms with E-state index in [1.165, 1.54) is 6.42 Å². The SMILES string of the molecule is CCc1cc(C(=O)NCC2CCCN2)n(CC)n1. The van der Waals surface area contributed by atoms with Gasteiger partial charge in [-0.1, -0.05) is 6.92 Å². The predicted octanol–water partition coefficient (Wildman–Crippen LogP) is 0.947. The van der Waals surface area contributed by atoms with Gasteiger partial charge >= 0.3 is 0 Å². The van der Waals surface area contributed by atoms with Gasteiger partial charge in [0.15, 0.2) is 0 Å². The lowest BCUT2D eigenvalue weighted by atomic mass is 10.2. The molecule has 2 rings (SSSR count). The monoisotopic (exact) mass is 250 g/mol.